The first kappa shape index (κ1) is 5.58. The van der Waals surface area contributed by atoms with Gasteiger partial charge in [-0.2, -0.15) is 0 Å². The van der Waals surface area contributed by atoms with Crippen LogP contribution in [0.25, 0.3) is 0 Å². The molecule has 3 aliphatic rings. The average molecular weight is 147 g/mol. The Kier molecular flexibility index (Phi) is 0.799. The standard InChI is InChI=1S/C9H9NO/c11-9-8-6-3-1-5(6)2-4-7(8)10-9/h1-8H,(H,10,11)/t5-,6-,7?,8?/m1/s1. The second-order valence-corrected chi connectivity index (χ2v) is 3.48. The van der Waals surface area contributed by atoms with Crippen molar-refractivity contribution in [2.24, 2.45) is 17.8 Å². The van der Waals surface area contributed by atoms with Gasteiger partial charge >= 0.3 is 0 Å². The van der Waals surface area contributed by atoms with Crippen LogP contribution in [0.2, 0.25) is 0 Å². The Balaban J connectivity index is 1.99. The molecule has 56 valence electrons. The van der Waals surface area contributed by atoms with Gasteiger partial charge in [-0.1, -0.05) is 24.3 Å². The van der Waals surface area contributed by atoms with Gasteiger partial charge in [-0.25, -0.2) is 0 Å². The number of β-lactam (4-membered cyclic amide) rings is 1. The lowest BCUT2D eigenvalue weighted by Crippen LogP contribution is -2.62. The number of amides is 1. The molecule has 0 aromatic heterocycles. The van der Waals surface area contributed by atoms with Crippen LogP contribution in [0.1, 0.15) is 0 Å². The molecule has 1 amide bonds. The molecular weight excluding hydrogens is 138 g/mol. The SMILES string of the molecule is O=C1NC2C=C[C@H]3C=C[C@H]3C12. The lowest BCUT2D eigenvalue weighted by Gasteiger charge is -2.47. The van der Waals surface area contributed by atoms with Crippen molar-refractivity contribution in [3.63, 3.8) is 0 Å². The second kappa shape index (κ2) is 1.58. The molecule has 2 aliphatic carbocycles. The first-order chi connectivity index (χ1) is 5.36. The Morgan fingerprint density at radius 1 is 1.18 bits per heavy atom. The number of fused-ring (bicyclic) bond motifs is 3. The maximum absolute atomic E-state index is 11.1. The molecule has 0 spiro atoms. The number of rotatable bonds is 0. The van der Waals surface area contributed by atoms with Crippen LogP contribution in [0.5, 0.6) is 0 Å². The van der Waals surface area contributed by atoms with Crippen LogP contribution in [-0.2, 0) is 4.79 Å². The van der Waals surface area contributed by atoms with E-state index in [0.29, 0.717) is 17.9 Å². The molecule has 0 aromatic rings. The minimum Gasteiger partial charge on any atom is -0.349 e. The predicted octanol–water partition coefficient (Wildman–Crippen LogP) is 0.473. The third kappa shape index (κ3) is 0.516. The minimum absolute atomic E-state index is 0.235. The fraction of sp³-hybridized carbons (Fsp3) is 0.444. The van der Waals surface area contributed by atoms with Crippen LogP contribution in [0, 0.1) is 17.8 Å². The van der Waals surface area contributed by atoms with Crippen molar-refractivity contribution in [2.45, 2.75) is 6.04 Å². The van der Waals surface area contributed by atoms with Crippen molar-refractivity contribution in [2.75, 3.05) is 0 Å². The van der Waals surface area contributed by atoms with E-state index in [4.69, 9.17) is 0 Å². The van der Waals surface area contributed by atoms with Gasteiger partial charge in [0.1, 0.15) is 0 Å². The summed E-state index contributed by atoms with van der Waals surface area (Å²) in [4.78, 5) is 11.1. The van der Waals surface area contributed by atoms with Gasteiger partial charge < -0.3 is 5.32 Å². The molecule has 0 radical (unpaired) electrons. The highest BCUT2D eigenvalue weighted by molar-refractivity contribution is 5.88. The van der Waals surface area contributed by atoms with E-state index in [9.17, 15) is 4.79 Å². The molecule has 11 heavy (non-hydrogen) atoms. The molecule has 4 atom stereocenters. The number of carbonyl (C=O) groups is 1. The van der Waals surface area contributed by atoms with Crippen molar-refractivity contribution < 1.29 is 4.79 Å². The van der Waals surface area contributed by atoms with Crippen LogP contribution in [-0.4, -0.2) is 11.9 Å². The number of hydrogen-bond acceptors (Lipinski definition) is 1. The Bertz CT molecular complexity index is 279. The summed E-state index contributed by atoms with van der Waals surface area (Å²) in [5.74, 6) is 1.56. The molecule has 0 aromatic carbocycles. The molecular formula is C9H9NO. The average Bonchev–Trinajstić information content (AvgIpc) is 1.94. The van der Waals surface area contributed by atoms with Gasteiger partial charge in [0.15, 0.2) is 0 Å². The van der Waals surface area contributed by atoms with Crippen LogP contribution in [0.15, 0.2) is 24.3 Å². The third-order valence-electron chi connectivity index (χ3n) is 2.95. The van der Waals surface area contributed by atoms with Gasteiger partial charge in [-0.05, 0) is 0 Å². The van der Waals surface area contributed by atoms with Crippen molar-refractivity contribution in [3.05, 3.63) is 24.3 Å². The highest BCUT2D eigenvalue weighted by atomic mass is 16.2. The predicted molar refractivity (Wildman–Crippen MR) is 40.7 cm³/mol. The molecule has 2 heteroatoms. The van der Waals surface area contributed by atoms with E-state index < -0.39 is 0 Å². The molecule has 1 saturated heterocycles. The smallest absolute Gasteiger partial charge is 0.226 e. The van der Waals surface area contributed by atoms with E-state index in [1.54, 1.807) is 0 Å². The molecule has 0 saturated carbocycles. The Morgan fingerprint density at radius 2 is 2.00 bits per heavy atom. The first-order valence-electron chi connectivity index (χ1n) is 4.03. The first-order valence-corrected chi connectivity index (χ1v) is 4.03. The summed E-state index contributed by atoms with van der Waals surface area (Å²) in [6, 6.07) is 0.341. The minimum atomic E-state index is 0.235. The molecule has 1 aliphatic heterocycles. The molecule has 1 heterocycles. The van der Waals surface area contributed by atoms with Crippen LogP contribution in [0.4, 0.5) is 0 Å². The zero-order valence-corrected chi connectivity index (χ0v) is 6.03. The van der Waals surface area contributed by atoms with Gasteiger partial charge in [-0.3, -0.25) is 4.79 Å². The summed E-state index contributed by atoms with van der Waals surface area (Å²) >= 11 is 0. The van der Waals surface area contributed by atoms with Crippen molar-refractivity contribution >= 4 is 5.91 Å². The van der Waals surface area contributed by atoms with E-state index in [1.807, 2.05) is 0 Å². The Hall–Kier alpha value is -1.05. The van der Waals surface area contributed by atoms with Crippen molar-refractivity contribution in [1.82, 2.24) is 5.32 Å². The monoisotopic (exact) mass is 147 g/mol. The summed E-state index contributed by atoms with van der Waals surface area (Å²) < 4.78 is 0. The molecule has 1 fully saturated rings. The number of carbonyl (C=O) groups excluding carboxylic acids is 1. The maximum Gasteiger partial charge on any atom is 0.226 e. The quantitative estimate of drug-likeness (QED) is 0.391. The summed E-state index contributed by atoms with van der Waals surface area (Å²) in [5.41, 5.74) is 0. The van der Waals surface area contributed by atoms with Crippen molar-refractivity contribution in [3.8, 4) is 0 Å². The lowest BCUT2D eigenvalue weighted by atomic mass is 9.64. The second-order valence-electron chi connectivity index (χ2n) is 3.48. The molecule has 2 unspecified atom stereocenters. The number of nitrogens with one attached hydrogen (secondary N) is 1. The topological polar surface area (TPSA) is 29.1 Å². The van der Waals surface area contributed by atoms with Gasteiger partial charge in [0.05, 0.1) is 12.0 Å². The Labute approximate surface area is 65.0 Å². The fourth-order valence-corrected chi connectivity index (χ4v) is 2.17. The lowest BCUT2D eigenvalue weighted by molar-refractivity contribution is -0.136. The highest BCUT2D eigenvalue weighted by Gasteiger charge is 2.48. The summed E-state index contributed by atoms with van der Waals surface area (Å²) in [6.45, 7) is 0. The van der Waals surface area contributed by atoms with E-state index in [-0.39, 0.29) is 11.8 Å². The van der Waals surface area contributed by atoms with Crippen LogP contribution >= 0.6 is 0 Å². The Morgan fingerprint density at radius 3 is 2.55 bits per heavy atom. The highest BCUT2D eigenvalue weighted by Crippen LogP contribution is 2.42. The summed E-state index contributed by atoms with van der Waals surface area (Å²) in [7, 11) is 0. The maximum atomic E-state index is 11.1. The van der Waals surface area contributed by atoms with Gasteiger partial charge in [0, 0.05) is 11.8 Å². The zero-order chi connectivity index (χ0) is 7.42. The molecule has 2 nitrogen and oxygen atoms in total. The fourth-order valence-electron chi connectivity index (χ4n) is 2.17. The number of hydrogen-bond donors (Lipinski definition) is 1. The zero-order valence-electron chi connectivity index (χ0n) is 6.03. The van der Waals surface area contributed by atoms with E-state index in [2.05, 4.69) is 29.6 Å². The summed E-state index contributed by atoms with van der Waals surface area (Å²) in [5, 5.41) is 2.87. The van der Waals surface area contributed by atoms with Crippen LogP contribution in [0.3, 0.4) is 0 Å². The van der Waals surface area contributed by atoms with Gasteiger partial charge in [0.25, 0.3) is 0 Å². The molecule has 0 bridgehead atoms. The largest absolute Gasteiger partial charge is 0.349 e. The van der Waals surface area contributed by atoms with Gasteiger partial charge in [-0.15, -0.1) is 0 Å². The molecule has 3 rings (SSSR count). The number of allylic oxidation sites excluding steroid dienone is 3. The van der Waals surface area contributed by atoms with Crippen molar-refractivity contribution in [1.29, 1.82) is 0 Å². The van der Waals surface area contributed by atoms with Crippen LogP contribution < -0.4 is 5.32 Å². The van der Waals surface area contributed by atoms with E-state index >= 15 is 0 Å². The van der Waals surface area contributed by atoms with E-state index in [0.717, 1.165) is 0 Å². The summed E-state index contributed by atoms with van der Waals surface area (Å²) in [6.07, 6.45) is 8.65. The normalized spacial score (nSPS) is 50.0. The third-order valence-corrected chi connectivity index (χ3v) is 2.95. The van der Waals surface area contributed by atoms with Gasteiger partial charge in [0.2, 0.25) is 5.91 Å². The molecule has 1 N–H and O–H groups in total. The van der Waals surface area contributed by atoms with E-state index in [1.165, 1.54) is 0 Å².